The molecule has 13 nitrogen and oxygen atoms in total. The maximum atomic E-state index is 13.6. The molecular formula is C35H54N8O5. The zero-order chi connectivity index (χ0) is 34.0. The largest absolute Gasteiger partial charge is 0.493 e. The molecule has 3 heterocycles. The van der Waals surface area contributed by atoms with E-state index in [4.69, 9.17) is 9.47 Å². The van der Waals surface area contributed by atoms with Gasteiger partial charge < -0.3 is 40.3 Å². The molecule has 2 fully saturated rings. The van der Waals surface area contributed by atoms with Crippen molar-refractivity contribution in [3.63, 3.8) is 0 Å². The van der Waals surface area contributed by atoms with Crippen molar-refractivity contribution in [1.29, 1.82) is 0 Å². The molecule has 0 radical (unpaired) electrons. The molecule has 1 saturated carbocycles. The molecule has 0 unspecified atom stereocenters. The molecule has 264 valence electrons. The second-order valence-electron chi connectivity index (χ2n) is 14.5. The second kappa shape index (κ2) is 16.5. The molecule has 2 aliphatic heterocycles. The molecule has 1 aromatic heterocycles. The predicted octanol–water partition coefficient (Wildman–Crippen LogP) is 5.70. The van der Waals surface area contributed by atoms with Crippen LogP contribution in [0.15, 0.2) is 18.2 Å². The number of rotatable bonds is 5. The standard InChI is InChI=1S/C35H54N8O5/c1-34(2,3)48-33(46)43-20-9-7-5-4-6-8-17-36-30-39-31(41-32(45)40-30)38-26-13-14-27(28(23-26)47-22-12-21-43)29(44)37-24-35(15-16-35)25-42-18-10-11-19-42/h13-14,23H,4-12,15-22,24-25H2,1-3H3,(H,37,44)(H3,36,38,39,40,41,45). The highest BCUT2D eigenvalue weighted by Crippen LogP contribution is 2.46. The number of ether oxygens (including phenoxy) is 2. The number of nitrogens with one attached hydrogen (secondary N) is 3. The molecule has 0 spiro atoms. The molecule has 4 N–H and O–H groups in total. The van der Waals surface area contributed by atoms with Gasteiger partial charge in [0.15, 0.2) is 0 Å². The van der Waals surface area contributed by atoms with Gasteiger partial charge >= 0.3 is 12.1 Å². The molecule has 2 amide bonds. The summed E-state index contributed by atoms with van der Waals surface area (Å²) in [6.45, 7) is 11.6. The van der Waals surface area contributed by atoms with Crippen LogP contribution in [0.5, 0.6) is 11.8 Å². The van der Waals surface area contributed by atoms with Crippen LogP contribution < -0.4 is 20.7 Å². The first-order valence-electron chi connectivity index (χ1n) is 17.8. The molecule has 5 rings (SSSR count). The number of amides is 2. The molecule has 48 heavy (non-hydrogen) atoms. The second-order valence-corrected chi connectivity index (χ2v) is 14.5. The molecule has 0 atom stereocenters. The number of hydrogen-bond acceptors (Lipinski definition) is 11. The minimum atomic E-state index is -0.582. The van der Waals surface area contributed by atoms with Gasteiger partial charge in [0.25, 0.3) is 5.91 Å². The number of hydrogen-bond donors (Lipinski definition) is 4. The van der Waals surface area contributed by atoms with Crippen molar-refractivity contribution in [3.8, 4) is 11.8 Å². The van der Waals surface area contributed by atoms with E-state index in [1.165, 1.54) is 12.8 Å². The van der Waals surface area contributed by atoms with Crippen molar-refractivity contribution in [2.45, 2.75) is 97.0 Å². The lowest BCUT2D eigenvalue weighted by Crippen LogP contribution is -2.38. The van der Waals surface area contributed by atoms with Crippen LogP contribution in [-0.4, -0.2) is 99.9 Å². The summed E-state index contributed by atoms with van der Waals surface area (Å²) >= 11 is 0. The Morgan fingerprint density at radius 3 is 2.38 bits per heavy atom. The Kier molecular flexibility index (Phi) is 12.2. The maximum Gasteiger partial charge on any atom is 0.410 e. The van der Waals surface area contributed by atoms with E-state index < -0.39 is 11.6 Å². The van der Waals surface area contributed by atoms with Crippen LogP contribution in [0.4, 0.5) is 22.4 Å². The van der Waals surface area contributed by atoms with E-state index in [9.17, 15) is 14.7 Å². The van der Waals surface area contributed by atoms with E-state index in [0.29, 0.717) is 56.2 Å². The Bertz CT molecular complexity index is 1370. The average molecular weight is 667 g/mol. The fraction of sp³-hybridized carbons (Fsp3) is 0.686. The van der Waals surface area contributed by atoms with E-state index in [1.54, 1.807) is 23.1 Å². The highest BCUT2D eigenvalue weighted by atomic mass is 16.6. The quantitative estimate of drug-likeness (QED) is 0.311. The number of benzene rings is 1. The van der Waals surface area contributed by atoms with E-state index in [0.717, 1.165) is 71.0 Å². The van der Waals surface area contributed by atoms with Gasteiger partial charge in [-0.3, -0.25) is 4.79 Å². The number of aromatic nitrogens is 3. The molecule has 3 aliphatic rings. The molecule has 13 heteroatoms. The summed E-state index contributed by atoms with van der Waals surface area (Å²) in [7, 11) is 0. The van der Waals surface area contributed by atoms with E-state index in [1.807, 2.05) is 20.8 Å². The summed E-state index contributed by atoms with van der Waals surface area (Å²) in [5.74, 6) is 0.681. The Balaban J connectivity index is 1.31. The minimum absolute atomic E-state index is 0.152. The van der Waals surface area contributed by atoms with Crippen molar-refractivity contribution in [3.05, 3.63) is 23.8 Å². The topological polar surface area (TPSA) is 154 Å². The number of anilines is 3. The lowest BCUT2D eigenvalue weighted by molar-refractivity contribution is 0.0238. The van der Waals surface area contributed by atoms with Crippen molar-refractivity contribution in [1.82, 2.24) is 30.1 Å². The highest BCUT2D eigenvalue weighted by molar-refractivity contribution is 5.97. The number of aromatic hydroxyl groups is 1. The van der Waals surface area contributed by atoms with Crippen molar-refractivity contribution in [2.24, 2.45) is 5.41 Å². The van der Waals surface area contributed by atoms with Crippen molar-refractivity contribution >= 4 is 29.6 Å². The van der Waals surface area contributed by atoms with E-state index >= 15 is 0 Å². The van der Waals surface area contributed by atoms with Gasteiger partial charge in [0.2, 0.25) is 11.9 Å². The molecule has 1 saturated heterocycles. The lowest BCUT2D eigenvalue weighted by Gasteiger charge is -2.27. The van der Waals surface area contributed by atoms with Crippen molar-refractivity contribution in [2.75, 3.05) is 63.1 Å². The Hall–Kier alpha value is -3.87. The molecule has 4 bridgehead atoms. The summed E-state index contributed by atoms with van der Waals surface area (Å²) in [4.78, 5) is 43.4. The van der Waals surface area contributed by atoms with Crippen molar-refractivity contribution < 1.29 is 24.2 Å². The van der Waals surface area contributed by atoms with Crippen LogP contribution in [0, 0.1) is 5.41 Å². The van der Waals surface area contributed by atoms with Crippen LogP contribution in [0.3, 0.4) is 0 Å². The zero-order valence-corrected chi connectivity index (χ0v) is 29.0. The fourth-order valence-corrected chi connectivity index (χ4v) is 6.27. The van der Waals surface area contributed by atoms with E-state index in [2.05, 4.69) is 35.8 Å². The third-order valence-corrected chi connectivity index (χ3v) is 9.06. The SMILES string of the molecule is CC(C)(C)OC(=O)N1CCCCCCCCNc2nc(O)nc(n2)Nc2ccc(C(=O)NCC3(CN4CCCC4)CC3)c(c2)OCCC1. The minimum Gasteiger partial charge on any atom is -0.493 e. The smallest absolute Gasteiger partial charge is 0.410 e. The Morgan fingerprint density at radius 1 is 0.938 bits per heavy atom. The number of likely N-dealkylation sites (tertiary alicyclic amines) is 1. The summed E-state index contributed by atoms with van der Waals surface area (Å²) < 4.78 is 12.0. The third kappa shape index (κ3) is 11.1. The normalized spacial score (nSPS) is 19.5. The van der Waals surface area contributed by atoms with Gasteiger partial charge in [-0.15, -0.1) is 0 Å². The lowest BCUT2D eigenvalue weighted by atomic mass is 10.1. The summed E-state index contributed by atoms with van der Waals surface area (Å²) in [5.41, 5.74) is 0.592. The summed E-state index contributed by atoms with van der Waals surface area (Å²) in [6.07, 6.45) is 11.0. The number of fused-ring (bicyclic) bond motifs is 4. The summed E-state index contributed by atoms with van der Waals surface area (Å²) in [6, 6.07) is 4.86. The monoisotopic (exact) mass is 666 g/mol. The van der Waals surface area contributed by atoms with Crippen LogP contribution >= 0.6 is 0 Å². The third-order valence-electron chi connectivity index (χ3n) is 9.06. The van der Waals surface area contributed by atoms with Crippen LogP contribution in [0.1, 0.15) is 102 Å². The number of carbonyl (C=O) groups is 2. The van der Waals surface area contributed by atoms with Gasteiger partial charge in [-0.1, -0.05) is 25.7 Å². The van der Waals surface area contributed by atoms with Crippen LogP contribution in [-0.2, 0) is 4.74 Å². The molecule has 2 aromatic rings. The molecule has 1 aliphatic carbocycles. The first kappa shape index (κ1) is 35.4. The predicted molar refractivity (Wildman–Crippen MR) is 185 cm³/mol. The van der Waals surface area contributed by atoms with Gasteiger partial charge in [-0.05, 0) is 90.9 Å². The van der Waals surface area contributed by atoms with Gasteiger partial charge in [0.05, 0.1) is 12.2 Å². The zero-order valence-electron chi connectivity index (χ0n) is 29.0. The first-order valence-corrected chi connectivity index (χ1v) is 17.8. The maximum absolute atomic E-state index is 13.6. The van der Waals surface area contributed by atoms with Crippen LogP contribution in [0.25, 0.3) is 0 Å². The van der Waals surface area contributed by atoms with Gasteiger partial charge in [-0.2, -0.15) is 15.0 Å². The highest BCUT2D eigenvalue weighted by Gasteiger charge is 2.44. The number of nitrogens with zero attached hydrogens (tertiary/aromatic N) is 5. The van der Waals surface area contributed by atoms with Gasteiger partial charge in [-0.25, -0.2) is 4.79 Å². The van der Waals surface area contributed by atoms with E-state index in [-0.39, 0.29) is 29.3 Å². The van der Waals surface area contributed by atoms with Gasteiger partial charge in [0, 0.05) is 49.9 Å². The average Bonchev–Trinajstić information content (AvgIpc) is 3.59. The molecular weight excluding hydrogens is 612 g/mol. The molecule has 1 aromatic carbocycles. The van der Waals surface area contributed by atoms with Gasteiger partial charge in [0.1, 0.15) is 11.4 Å². The van der Waals surface area contributed by atoms with Crippen LogP contribution in [0.2, 0.25) is 0 Å². The number of carbonyl (C=O) groups excluding carboxylic acids is 2. The summed E-state index contributed by atoms with van der Waals surface area (Å²) in [5, 5.41) is 19.7. The Labute approximate surface area is 284 Å². The first-order chi connectivity index (χ1) is 23.1. The Morgan fingerprint density at radius 2 is 1.62 bits per heavy atom. The fourth-order valence-electron chi connectivity index (χ4n) is 6.27.